The van der Waals surface area contributed by atoms with Crippen LogP contribution in [-0.4, -0.2) is 24.8 Å². The number of unbranched alkanes of at least 4 members (excludes halogenated alkanes) is 6. The van der Waals surface area contributed by atoms with E-state index >= 15 is 0 Å². The molecule has 0 aliphatic carbocycles. The molecule has 0 aromatic carbocycles. The number of hydrogen-bond acceptors (Lipinski definition) is 3. The van der Waals surface area contributed by atoms with Gasteiger partial charge in [-0.25, -0.2) is 0 Å². The van der Waals surface area contributed by atoms with Gasteiger partial charge in [0.2, 0.25) is 0 Å². The van der Waals surface area contributed by atoms with Crippen LogP contribution >= 0.6 is 0 Å². The third-order valence-electron chi connectivity index (χ3n) is 3.73. The summed E-state index contributed by atoms with van der Waals surface area (Å²) in [5, 5.41) is 0. The molecule has 0 rings (SSSR count). The summed E-state index contributed by atoms with van der Waals surface area (Å²) in [6.45, 7) is 4.18. The summed E-state index contributed by atoms with van der Waals surface area (Å²) in [4.78, 5) is 11.9. The van der Waals surface area contributed by atoms with Crippen molar-refractivity contribution in [2.75, 3.05) is 6.61 Å². The van der Waals surface area contributed by atoms with Crippen molar-refractivity contribution < 1.29 is 22.7 Å². The summed E-state index contributed by atoms with van der Waals surface area (Å²) >= 11 is 0. The van der Waals surface area contributed by atoms with E-state index in [4.69, 9.17) is 10.5 Å². The number of esters is 1. The van der Waals surface area contributed by atoms with Gasteiger partial charge in [0.25, 0.3) is 0 Å². The highest BCUT2D eigenvalue weighted by Crippen LogP contribution is 2.28. The number of ether oxygens (including phenoxy) is 1. The maximum atomic E-state index is 12.8. The minimum absolute atomic E-state index is 0.137. The first kappa shape index (κ1) is 21.2. The molecule has 0 heterocycles. The average molecular weight is 325 g/mol. The van der Waals surface area contributed by atoms with Crippen LogP contribution in [0.2, 0.25) is 0 Å². The molecule has 2 N–H and O–H groups in total. The van der Waals surface area contributed by atoms with E-state index in [1.165, 1.54) is 0 Å². The predicted octanol–water partition coefficient (Wildman–Crippen LogP) is 4.59. The number of nitrogens with two attached hydrogens (primary N) is 1. The molecular weight excluding hydrogens is 295 g/mol. The minimum atomic E-state index is -4.57. The molecule has 0 radical (unpaired) electrons. The zero-order valence-electron chi connectivity index (χ0n) is 13.8. The number of hydrogen-bond donors (Lipinski definition) is 1. The first-order valence-electron chi connectivity index (χ1n) is 8.33. The van der Waals surface area contributed by atoms with Crippen molar-refractivity contribution in [3.63, 3.8) is 0 Å². The molecule has 0 unspecified atom stereocenters. The van der Waals surface area contributed by atoms with Gasteiger partial charge >= 0.3 is 12.1 Å². The first-order valence-corrected chi connectivity index (χ1v) is 8.33. The molecule has 0 aliphatic heterocycles. The third kappa shape index (κ3) is 9.28. The zero-order valence-corrected chi connectivity index (χ0v) is 13.8. The van der Waals surface area contributed by atoms with E-state index < -0.39 is 24.1 Å². The summed E-state index contributed by atoms with van der Waals surface area (Å²) < 4.78 is 43.3. The third-order valence-corrected chi connectivity index (χ3v) is 3.73. The summed E-state index contributed by atoms with van der Waals surface area (Å²) in [6.07, 6.45) is 2.73. The molecule has 0 bridgehead atoms. The van der Waals surface area contributed by atoms with Crippen molar-refractivity contribution in [1.29, 1.82) is 0 Å². The molecule has 2 atom stereocenters. The van der Waals surface area contributed by atoms with Crippen LogP contribution < -0.4 is 5.73 Å². The predicted molar refractivity (Wildman–Crippen MR) is 81.4 cm³/mol. The van der Waals surface area contributed by atoms with E-state index in [0.717, 1.165) is 38.5 Å². The normalized spacial score (nSPS) is 14.6. The molecule has 0 amide bonds. The van der Waals surface area contributed by atoms with E-state index in [9.17, 15) is 18.0 Å². The molecule has 3 nitrogen and oxygen atoms in total. The Hall–Kier alpha value is -0.780. The van der Waals surface area contributed by atoms with Crippen LogP contribution in [0.3, 0.4) is 0 Å². The maximum Gasteiger partial charge on any atom is 0.404 e. The van der Waals surface area contributed by atoms with Gasteiger partial charge in [0, 0.05) is 0 Å². The van der Waals surface area contributed by atoms with Crippen molar-refractivity contribution in [2.24, 2.45) is 11.7 Å². The minimum Gasteiger partial charge on any atom is -0.465 e. The van der Waals surface area contributed by atoms with Gasteiger partial charge in [0.05, 0.1) is 12.5 Å². The quantitative estimate of drug-likeness (QED) is 0.422. The monoisotopic (exact) mass is 325 g/mol. The van der Waals surface area contributed by atoms with Gasteiger partial charge in [0.15, 0.2) is 0 Å². The standard InChI is InChI=1S/C16H30F3NO2/c1-3-5-7-8-9-10-11-13(14(20)16(17,18)19)15(21)22-12-6-4-2/h13-14H,3-12,20H2,1-2H3/t13-,14-/m1/s1. The zero-order chi connectivity index (χ0) is 17.0. The van der Waals surface area contributed by atoms with Crippen molar-refractivity contribution >= 4 is 5.97 Å². The average Bonchev–Trinajstić information content (AvgIpc) is 2.45. The molecular formula is C16H30F3NO2. The number of alkyl halides is 3. The molecule has 22 heavy (non-hydrogen) atoms. The lowest BCUT2D eigenvalue weighted by atomic mass is 9.93. The summed E-state index contributed by atoms with van der Waals surface area (Å²) in [6, 6.07) is -2.14. The van der Waals surface area contributed by atoms with Crippen LogP contribution in [-0.2, 0) is 9.53 Å². The van der Waals surface area contributed by atoms with Gasteiger partial charge in [-0.15, -0.1) is 0 Å². The fourth-order valence-electron chi connectivity index (χ4n) is 2.24. The van der Waals surface area contributed by atoms with Gasteiger partial charge < -0.3 is 10.5 Å². The Labute approximate surface area is 131 Å². The lowest BCUT2D eigenvalue weighted by molar-refractivity contribution is -0.177. The Morgan fingerprint density at radius 1 is 1.00 bits per heavy atom. The van der Waals surface area contributed by atoms with Crippen molar-refractivity contribution in [2.45, 2.75) is 83.9 Å². The van der Waals surface area contributed by atoms with Gasteiger partial charge in [-0.3, -0.25) is 4.79 Å². The maximum absolute atomic E-state index is 12.8. The van der Waals surface area contributed by atoms with Crippen LogP contribution in [0.15, 0.2) is 0 Å². The number of halogens is 3. The molecule has 0 aromatic rings. The van der Waals surface area contributed by atoms with Crippen LogP contribution in [0, 0.1) is 5.92 Å². The second kappa shape index (κ2) is 11.7. The highest BCUT2D eigenvalue weighted by molar-refractivity contribution is 5.73. The van der Waals surface area contributed by atoms with Gasteiger partial charge in [-0.2, -0.15) is 13.2 Å². The van der Waals surface area contributed by atoms with E-state index in [0.29, 0.717) is 12.8 Å². The Bertz CT molecular complexity index is 296. The number of rotatable bonds is 12. The van der Waals surface area contributed by atoms with Crippen molar-refractivity contribution in [3.05, 3.63) is 0 Å². The Balaban J connectivity index is 4.37. The Morgan fingerprint density at radius 2 is 1.55 bits per heavy atom. The topological polar surface area (TPSA) is 52.3 Å². The van der Waals surface area contributed by atoms with Crippen LogP contribution in [0.25, 0.3) is 0 Å². The van der Waals surface area contributed by atoms with Crippen LogP contribution in [0.5, 0.6) is 0 Å². The number of carbonyl (C=O) groups is 1. The Kier molecular flexibility index (Phi) is 11.3. The van der Waals surface area contributed by atoms with E-state index in [1.807, 2.05) is 6.92 Å². The SMILES string of the molecule is CCCCCCCC[C@@H](C(=O)OCCCC)[C@@H](N)C(F)(F)F. The second-order valence-electron chi connectivity index (χ2n) is 5.75. The molecule has 132 valence electrons. The molecule has 6 heteroatoms. The smallest absolute Gasteiger partial charge is 0.404 e. The lowest BCUT2D eigenvalue weighted by Gasteiger charge is -2.24. The molecule has 0 saturated heterocycles. The summed E-state index contributed by atoms with van der Waals surface area (Å²) in [5.41, 5.74) is 5.24. The van der Waals surface area contributed by atoms with Gasteiger partial charge in [-0.05, 0) is 12.8 Å². The van der Waals surface area contributed by atoms with E-state index in [2.05, 4.69) is 6.92 Å². The summed E-state index contributed by atoms with van der Waals surface area (Å²) in [7, 11) is 0. The first-order chi connectivity index (χ1) is 10.3. The van der Waals surface area contributed by atoms with Crippen molar-refractivity contribution in [1.82, 2.24) is 0 Å². The lowest BCUT2D eigenvalue weighted by Crippen LogP contribution is -2.47. The molecule has 0 spiro atoms. The highest BCUT2D eigenvalue weighted by Gasteiger charge is 2.45. The fraction of sp³-hybridized carbons (Fsp3) is 0.938. The Morgan fingerprint density at radius 3 is 2.09 bits per heavy atom. The van der Waals surface area contributed by atoms with Crippen LogP contribution in [0.1, 0.15) is 71.6 Å². The van der Waals surface area contributed by atoms with Gasteiger partial charge in [-0.1, -0.05) is 58.8 Å². The van der Waals surface area contributed by atoms with E-state index in [1.54, 1.807) is 0 Å². The largest absolute Gasteiger partial charge is 0.465 e. The fourth-order valence-corrected chi connectivity index (χ4v) is 2.24. The molecule has 0 aliphatic rings. The highest BCUT2D eigenvalue weighted by atomic mass is 19.4. The molecule has 0 fully saturated rings. The molecule has 0 aromatic heterocycles. The summed E-state index contributed by atoms with van der Waals surface area (Å²) in [5.74, 6) is -2.10. The van der Waals surface area contributed by atoms with Gasteiger partial charge in [0.1, 0.15) is 6.04 Å². The number of carbonyl (C=O) groups excluding carboxylic acids is 1. The second-order valence-corrected chi connectivity index (χ2v) is 5.75. The van der Waals surface area contributed by atoms with Crippen molar-refractivity contribution in [3.8, 4) is 0 Å². The van der Waals surface area contributed by atoms with E-state index in [-0.39, 0.29) is 13.0 Å². The van der Waals surface area contributed by atoms with Crippen LogP contribution in [0.4, 0.5) is 13.2 Å². The molecule has 0 saturated carbocycles.